The highest BCUT2D eigenvalue weighted by molar-refractivity contribution is 14.0. The fraction of sp³-hybridized carbons (Fsp3) is 0.529. The fourth-order valence-corrected chi connectivity index (χ4v) is 1.99. The Morgan fingerprint density at radius 1 is 1.17 bits per heavy atom. The van der Waals surface area contributed by atoms with Crippen LogP contribution >= 0.6 is 24.0 Å². The summed E-state index contributed by atoms with van der Waals surface area (Å²) >= 11 is 0. The number of hydrogen-bond acceptors (Lipinski definition) is 2. The molecule has 0 atom stereocenters. The standard InChI is InChI=1S/C17H28N4O.HI/c1-4-6-14-21(3)17(18-5-2)20-13-12-19-16(22)15-10-8-7-9-11-15;/h7-11H,4-6,12-14H2,1-3H3,(H,18,20)(H,19,22);1H. The van der Waals surface area contributed by atoms with E-state index in [2.05, 4.69) is 34.4 Å². The lowest BCUT2D eigenvalue weighted by molar-refractivity contribution is 0.0955. The predicted molar refractivity (Wildman–Crippen MR) is 108 cm³/mol. The number of nitrogens with zero attached hydrogens (tertiary/aromatic N) is 2. The molecular weight excluding hydrogens is 403 g/mol. The van der Waals surface area contributed by atoms with Crippen LogP contribution in [0, 0.1) is 0 Å². The van der Waals surface area contributed by atoms with Gasteiger partial charge in [-0.2, -0.15) is 0 Å². The van der Waals surface area contributed by atoms with E-state index in [1.165, 1.54) is 0 Å². The summed E-state index contributed by atoms with van der Waals surface area (Å²) in [5.74, 6) is 0.838. The molecule has 6 heteroatoms. The third-order valence-electron chi connectivity index (χ3n) is 3.24. The number of carbonyl (C=O) groups excluding carboxylic acids is 1. The maximum atomic E-state index is 11.9. The van der Waals surface area contributed by atoms with Gasteiger partial charge >= 0.3 is 0 Å². The Bertz CT molecular complexity index is 465. The first kappa shape index (κ1) is 21.7. The molecule has 0 aliphatic carbocycles. The van der Waals surface area contributed by atoms with Crippen LogP contribution in [0.4, 0.5) is 0 Å². The van der Waals surface area contributed by atoms with Gasteiger partial charge in [0.15, 0.2) is 5.96 Å². The van der Waals surface area contributed by atoms with E-state index in [1.54, 1.807) is 12.1 Å². The average Bonchev–Trinajstić information content (AvgIpc) is 2.56. The first-order valence-electron chi connectivity index (χ1n) is 8.01. The number of carbonyl (C=O) groups is 1. The number of aliphatic imine (C=N–C) groups is 1. The lowest BCUT2D eigenvalue weighted by Gasteiger charge is -2.21. The fourth-order valence-electron chi connectivity index (χ4n) is 1.99. The largest absolute Gasteiger partial charge is 0.357 e. The Labute approximate surface area is 157 Å². The van der Waals surface area contributed by atoms with Crippen LogP contribution in [0.3, 0.4) is 0 Å². The molecule has 2 N–H and O–H groups in total. The van der Waals surface area contributed by atoms with Crippen molar-refractivity contribution in [1.29, 1.82) is 0 Å². The third kappa shape index (κ3) is 8.78. The van der Waals surface area contributed by atoms with Crippen molar-refractivity contribution in [2.24, 2.45) is 4.99 Å². The monoisotopic (exact) mass is 432 g/mol. The topological polar surface area (TPSA) is 56.7 Å². The normalized spacial score (nSPS) is 10.7. The highest BCUT2D eigenvalue weighted by Crippen LogP contribution is 1.97. The molecule has 0 fully saturated rings. The third-order valence-corrected chi connectivity index (χ3v) is 3.24. The van der Waals surface area contributed by atoms with Gasteiger partial charge in [-0.05, 0) is 25.5 Å². The van der Waals surface area contributed by atoms with Crippen LogP contribution in [-0.4, -0.2) is 50.0 Å². The summed E-state index contributed by atoms with van der Waals surface area (Å²) in [5.41, 5.74) is 0.679. The highest BCUT2D eigenvalue weighted by Gasteiger charge is 2.05. The van der Waals surface area contributed by atoms with Crippen LogP contribution in [0.1, 0.15) is 37.0 Å². The highest BCUT2D eigenvalue weighted by atomic mass is 127. The van der Waals surface area contributed by atoms with Gasteiger partial charge in [-0.1, -0.05) is 31.5 Å². The first-order chi connectivity index (χ1) is 10.7. The van der Waals surface area contributed by atoms with Gasteiger partial charge < -0.3 is 15.5 Å². The summed E-state index contributed by atoms with van der Waals surface area (Å²) in [6, 6.07) is 9.23. The van der Waals surface area contributed by atoms with Crippen molar-refractivity contribution >= 4 is 35.8 Å². The molecule has 1 amide bonds. The molecule has 130 valence electrons. The maximum absolute atomic E-state index is 11.9. The van der Waals surface area contributed by atoms with Crippen molar-refractivity contribution < 1.29 is 4.79 Å². The summed E-state index contributed by atoms with van der Waals surface area (Å²) in [6.45, 7) is 7.16. The molecular formula is C17H29IN4O. The summed E-state index contributed by atoms with van der Waals surface area (Å²) < 4.78 is 0. The zero-order chi connectivity index (χ0) is 16.2. The molecule has 0 spiro atoms. The molecule has 0 unspecified atom stereocenters. The molecule has 1 aromatic carbocycles. The van der Waals surface area contributed by atoms with Gasteiger partial charge in [0.25, 0.3) is 5.91 Å². The Balaban J connectivity index is 0.00000484. The van der Waals surface area contributed by atoms with E-state index in [0.717, 1.165) is 31.9 Å². The van der Waals surface area contributed by atoms with Crippen LogP contribution in [0.2, 0.25) is 0 Å². The molecule has 23 heavy (non-hydrogen) atoms. The molecule has 0 saturated carbocycles. The first-order valence-corrected chi connectivity index (χ1v) is 8.01. The Kier molecular flexibility index (Phi) is 12.4. The minimum Gasteiger partial charge on any atom is -0.357 e. The molecule has 0 aliphatic heterocycles. The Morgan fingerprint density at radius 2 is 1.87 bits per heavy atom. The van der Waals surface area contributed by atoms with Gasteiger partial charge in [0.1, 0.15) is 0 Å². The van der Waals surface area contributed by atoms with Crippen molar-refractivity contribution in [3.63, 3.8) is 0 Å². The molecule has 5 nitrogen and oxygen atoms in total. The number of rotatable bonds is 8. The zero-order valence-corrected chi connectivity index (χ0v) is 16.7. The molecule has 1 aromatic rings. The number of amides is 1. The number of nitrogens with one attached hydrogen (secondary N) is 2. The smallest absolute Gasteiger partial charge is 0.251 e. The molecule has 0 heterocycles. The molecule has 0 aliphatic rings. The average molecular weight is 432 g/mol. The van der Waals surface area contributed by atoms with Gasteiger partial charge in [0.2, 0.25) is 0 Å². The lowest BCUT2D eigenvalue weighted by Crippen LogP contribution is -2.40. The number of unbranched alkanes of at least 4 members (excludes halogenated alkanes) is 1. The van der Waals surface area contributed by atoms with E-state index < -0.39 is 0 Å². The van der Waals surface area contributed by atoms with E-state index >= 15 is 0 Å². The van der Waals surface area contributed by atoms with E-state index in [4.69, 9.17) is 0 Å². The van der Waals surface area contributed by atoms with Gasteiger partial charge in [0, 0.05) is 32.2 Å². The second-order valence-corrected chi connectivity index (χ2v) is 5.13. The number of halogens is 1. The number of hydrogen-bond donors (Lipinski definition) is 2. The van der Waals surface area contributed by atoms with Crippen molar-refractivity contribution in [3.05, 3.63) is 35.9 Å². The second-order valence-electron chi connectivity index (χ2n) is 5.13. The van der Waals surface area contributed by atoms with Crippen LogP contribution in [-0.2, 0) is 0 Å². The van der Waals surface area contributed by atoms with Crippen molar-refractivity contribution in [2.45, 2.75) is 26.7 Å². The van der Waals surface area contributed by atoms with E-state index in [1.807, 2.05) is 25.2 Å². The minimum absolute atomic E-state index is 0. The van der Waals surface area contributed by atoms with Crippen molar-refractivity contribution in [2.75, 3.05) is 33.2 Å². The summed E-state index contributed by atoms with van der Waals surface area (Å²) in [6.07, 6.45) is 2.31. The van der Waals surface area contributed by atoms with Crippen molar-refractivity contribution in [3.8, 4) is 0 Å². The molecule has 1 rings (SSSR count). The molecule has 0 aromatic heterocycles. The van der Waals surface area contributed by atoms with Crippen LogP contribution in [0.15, 0.2) is 35.3 Å². The van der Waals surface area contributed by atoms with Gasteiger partial charge in [-0.25, -0.2) is 0 Å². The Morgan fingerprint density at radius 3 is 2.48 bits per heavy atom. The van der Waals surface area contributed by atoms with Crippen LogP contribution in [0.25, 0.3) is 0 Å². The van der Waals surface area contributed by atoms with Gasteiger partial charge in [-0.3, -0.25) is 9.79 Å². The zero-order valence-electron chi connectivity index (χ0n) is 14.3. The van der Waals surface area contributed by atoms with E-state index in [9.17, 15) is 4.79 Å². The molecule has 0 saturated heterocycles. The summed E-state index contributed by atoms with van der Waals surface area (Å²) in [5, 5.41) is 6.16. The number of guanidine groups is 1. The summed E-state index contributed by atoms with van der Waals surface area (Å²) in [7, 11) is 2.04. The minimum atomic E-state index is -0.0554. The predicted octanol–water partition coefficient (Wildman–Crippen LogP) is 2.73. The van der Waals surface area contributed by atoms with Gasteiger partial charge in [0.05, 0.1) is 6.54 Å². The van der Waals surface area contributed by atoms with E-state index in [-0.39, 0.29) is 29.9 Å². The number of benzene rings is 1. The van der Waals surface area contributed by atoms with E-state index in [0.29, 0.717) is 18.7 Å². The quantitative estimate of drug-likeness (QED) is 0.288. The van der Waals surface area contributed by atoms with Crippen LogP contribution in [0.5, 0.6) is 0 Å². The summed E-state index contributed by atoms with van der Waals surface area (Å²) in [4.78, 5) is 18.6. The molecule has 0 radical (unpaired) electrons. The lowest BCUT2D eigenvalue weighted by atomic mass is 10.2. The molecule has 0 bridgehead atoms. The maximum Gasteiger partial charge on any atom is 0.251 e. The van der Waals surface area contributed by atoms with Crippen LogP contribution < -0.4 is 10.6 Å². The second kappa shape index (κ2) is 13.2. The Hall–Kier alpha value is -1.31. The van der Waals surface area contributed by atoms with Gasteiger partial charge in [-0.15, -0.1) is 24.0 Å². The SMILES string of the molecule is CCCCN(C)C(=NCCNC(=O)c1ccccc1)NCC.I. The van der Waals surface area contributed by atoms with Crippen molar-refractivity contribution in [1.82, 2.24) is 15.5 Å².